The zero-order chi connectivity index (χ0) is 12.8. The standard InChI is InChI=1S/C11H11Cl2NO3/c1-7(11(13)16)14-10(15)6-17-9-4-2-8(12)3-5-9/h2-5,7H,6H2,1H3,(H,14,15). The SMILES string of the molecule is CC(NC(=O)COc1ccc(Cl)cc1)C(=O)Cl. The summed E-state index contributed by atoms with van der Waals surface area (Å²) in [6.07, 6.45) is 0. The van der Waals surface area contributed by atoms with Crippen LogP contribution in [0.1, 0.15) is 6.92 Å². The van der Waals surface area contributed by atoms with Crippen LogP contribution in [0, 0.1) is 0 Å². The molecule has 1 N–H and O–H groups in total. The zero-order valence-corrected chi connectivity index (χ0v) is 10.6. The Morgan fingerprint density at radius 1 is 1.35 bits per heavy atom. The van der Waals surface area contributed by atoms with Gasteiger partial charge in [-0.15, -0.1) is 0 Å². The number of ether oxygens (including phenoxy) is 1. The average molecular weight is 276 g/mol. The van der Waals surface area contributed by atoms with Crippen LogP contribution in [0.15, 0.2) is 24.3 Å². The Labute approximate surface area is 109 Å². The van der Waals surface area contributed by atoms with Gasteiger partial charge in [0.05, 0.1) is 0 Å². The van der Waals surface area contributed by atoms with E-state index in [4.69, 9.17) is 27.9 Å². The molecular weight excluding hydrogens is 265 g/mol. The molecule has 4 nitrogen and oxygen atoms in total. The van der Waals surface area contributed by atoms with Gasteiger partial charge in [0.25, 0.3) is 5.91 Å². The van der Waals surface area contributed by atoms with Gasteiger partial charge >= 0.3 is 0 Å². The maximum Gasteiger partial charge on any atom is 0.258 e. The van der Waals surface area contributed by atoms with E-state index in [0.717, 1.165) is 0 Å². The molecule has 0 fully saturated rings. The van der Waals surface area contributed by atoms with Gasteiger partial charge in [-0.2, -0.15) is 0 Å². The number of benzene rings is 1. The molecule has 0 saturated carbocycles. The topological polar surface area (TPSA) is 55.4 Å². The molecule has 17 heavy (non-hydrogen) atoms. The lowest BCUT2D eigenvalue weighted by molar-refractivity contribution is -0.126. The van der Waals surface area contributed by atoms with Crippen molar-refractivity contribution < 1.29 is 14.3 Å². The van der Waals surface area contributed by atoms with E-state index in [9.17, 15) is 9.59 Å². The van der Waals surface area contributed by atoms with Crippen LogP contribution in [0.4, 0.5) is 0 Å². The summed E-state index contributed by atoms with van der Waals surface area (Å²) in [5, 5.41) is 2.36. The maximum absolute atomic E-state index is 11.3. The van der Waals surface area contributed by atoms with Crippen molar-refractivity contribution in [2.75, 3.05) is 6.61 Å². The fourth-order valence-corrected chi connectivity index (χ4v) is 1.20. The molecule has 1 amide bonds. The number of rotatable bonds is 5. The van der Waals surface area contributed by atoms with Crippen LogP contribution >= 0.6 is 23.2 Å². The van der Waals surface area contributed by atoms with Gasteiger partial charge in [-0.1, -0.05) is 11.6 Å². The molecule has 6 heteroatoms. The second-order valence-electron chi connectivity index (χ2n) is 3.34. The van der Waals surface area contributed by atoms with Gasteiger partial charge in [0, 0.05) is 5.02 Å². The minimum absolute atomic E-state index is 0.184. The predicted molar refractivity (Wildman–Crippen MR) is 65.4 cm³/mol. The first-order chi connectivity index (χ1) is 7.99. The smallest absolute Gasteiger partial charge is 0.258 e. The van der Waals surface area contributed by atoms with Crippen LogP contribution < -0.4 is 10.1 Å². The summed E-state index contributed by atoms with van der Waals surface area (Å²) in [5.74, 6) is 0.107. The zero-order valence-electron chi connectivity index (χ0n) is 9.07. The van der Waals surface area contributed by atoms with Gasteiger partial charge in [0.1, 0.15) is 11.8 Å². The molecule has 1 rings (SSSR count). The molecule has 1 aromatic rings. The Morgan fingerprint density at radius 2 is 1.94 bits per heavy atom. The van der Waals surface area contributed by atoms with Crippen molar-refractivity contribution in [1.29, 1.82) is 0 Å². The second kappa shape index (κ2) is 6.47. The van der Waals surface area contributed by atoms with Crippen LogP contribution in [0.3, 0.4) is 0 Å². The van der Waals surface area contributed by atoms with Crippen molar-refractivity contribution in [3.05, 3.63) is 29.3 Å². The fourth-order valence-electron chi connectivity index (χ4n) is 1.02. The van der Waals surface area contributed by atoms with E-state index in [2.05, 4.69) is 5.32 Å². The molecule has 0 spiro atoms. The minimum atomic E-state index is -0.724. The monoisotopic (exact) mass is 275 g/mol. The molecule has 0 aliphatic rings. The van der Waals surface area contributed by atoms with Crippen molar-refractivity contribution in [3.63, 3.8) is 0 Å². The van der Waals surface area contributed by atoms with Gasteiger partial charge in [-0.05, 0) is 42.8 Å². The molecule has 92 valence electrons. The van der Waals surface area contributed by atoms with Crippen molar-refractivity contribution in [3.8, 4) is 5.75 Å². The highest BCUT2D eigenvalue weighted by atomic mass is 35.5. The Hall–Kier alpha value is -1.26. The van der Waals surface area contributed by atoms with E-state index in [0.29, 0.717) is 10.8 Å². The van der Waals surface area contributed by atoms with E-state index >= 15 is 0 Å². The maximum atomic E-state index is 11.3. The first-order valence-corrected chi connectivity index (χ1v) is 5.61. The Bertz CT molecular complexity index is 406. The molecule has 1 atom stereocenters. The number of carbonyl (C=O) groups is 2. The fraction of sp³-hybridized carbons (Fsp3) is 0.273. The summed E-state index contributed by atoms with van der Waals surface area (Å²) in [6.45, 7) is 1.31. The van der Waals surface area contributed by atoms with Gasteiger partial charge in [0.15, 0.2) is 6.61 Å². The summed E-state index contributed by atoms with van der Waals surface area (Å²) in [4.78, 5) is 22.0. The van der Waals surface area contributed by atoms with E-state index in [-0.39, 0.29) is 6.61 Å². The summed E-state index contributed by atoms with van der Waals surface area (Å²) in [5.41, 5.74) is 0. The van der Waals surface area contributed by atoms with Crippen LogP contribution in [0.2, 0.25) is 5.02 Å². The van der Waals surface area contributed by atoms with Gasteiger partial charge in [-0.25, -0.2) is 0 Å². The third-order valence-electron chi connectivity index (χ3n) is 1.90. The van der Waals surface area contributed by atoms with Gasteiger partial charge in [-0.3, -0.25) is 9.59 Å². The summed E-state index contributed by atoms with van der Waals surface area (Å²) in [7, 11) is 0. The lowest BCUT2D eigenvalue weighted by Gasteiger charge is -2.10. The Balaban J connectivity index is 2.38. The van der Waals surface area contributed by atoms with E-state index in [1.165, 1.54) is 6.92 Å². The minimum Gasteiger partial charge on any atom is -0.484 e. The lowest BCUT2D eigenvalue weighted by atomic mass is 10.3. The molecule has 0 aliphatic heterocycles. The molecule has 0 saturated heterocycles. The van der Waals surface area contributed by atoms with Crippen LogP contribution in [-0.4, -0.2) is 23.8 Å². The lowest BCUT2D eigenvalue weighted by Crippen LogP contribution is -2.39. The highest BCUT2D eigenvalue weighted by Gasteiger charge is 2.13. The highest BCUT2D eigenvalue weighted by Crippen LogP contribution is 2.15. The van der Waals surface area contributed by atoms with E-state index < -0.39 is 17.2 Å². The summed E-state index contributed by atoms with van der Waals surface area (Å²) >= 11 is 10.9. The third-order valence-corrected chi connectivity index (χ3v) is 2.48. The van der Waals surface area contributed by atoms with Crippen molar-refractivity contribution in [1.82, 2.24) is 5.32 Å². The number of hydrogen-bond donors (Lipinski definition) is 1. The molecule has 1 aromatic carbocycles. The van der Waals surface area contributed by atoms with Crippen LogP contribution in [0.25, 0.3) is 0 Å². The third kappa shape index (κ3) is 5.06. The highest BCUT2D eigenvalue weighted by molar-refractivity contribution is 6.64. The first kappa shape index (κ1) is 13.8. The van der Waals surface area contributed by atoms with E-state index in [1.807, 2.05) is 0 Å². The number of carbonyl (C=O) groups excluding carboxylic acids is 2. The Morgan fingerprint density at radius 3 is 2.47 bits per heavy atom. The van der Waals surface area contributed by atoms with Crippen molar-refractivity contribution >= 4 is 34.4 Å². The van der Waals surface area contributed by atoms with Crippen molar-refractivity contribution in [2.24, 2.45) is 0 Å². The molecule has 0 heterocycles. The van der Waals surface area contributed by atoms with Crippen molar-refractivity contribution in [2.45, 2.75) is 13.0 Å². The summed E-state index contributed by atoms with van der Waals surface area (Å²) < 4.78 is 5.18. The number of halogens is 2. The van der Waals surface area contributed by atoms with Crippen LogP contribution in [-0.2, 0) is 9.59 Å². The van der Waals surface area contributed by atoms with E-state index in [1.54, 1.807) is 24.3 Å². The largest absolute Gasteiger partial charge is 0.484 e. The molecule has 1 unspecified atom stereocenters. The quantitative estimate of drug-likeness (QED) is 0.837. The Kier molecular flexibility index (Phi) is 5.25. The number of nitrogens with one attached hydrogen (secondary N) is 1. The number of hydrogen-bond acceptors (Lipinski definition) is 3. The predicted octanol–water partition coefficient (Wildman–Crippen LogP) is 1.99. The van der Waals surface area contributed by atoms with Gasteiger partial charge in [0.2, 0.25) is 5.24 Å². The molecular formula is C11H11Cl2NO3. The van der Waals surface area contributed by atoms with Gasteiger partial charge < -0.3 is 10.1 Å². The molecule has 0 aliphatic carbocycles. The first-order valence-electron chi connectivity index (χ1n) is 4.86. The molecule has 0 aromatic heterocycles. The molecule has 0 radical (unpaired) electrons. The second-order valence-corrected chi connectivity index (χ2v) is 4.14. The average Bonchev–Trinajstić information content (AvgIpc) is 2.28. The summed E-state index contributed by atoms with van der Waals surface area (Å²) in [6, 6.07) is 5.87. The molecule has 0 bridgehead atoms. The number of amides is 1. The van der Waals surface area contributed by atoms with Crippen LogP contribution in [0.5, 0.6) is 5.75 Å². The normalized spacial score (nSPS) is 11.7.